The summed E-state index contributed by atoms with van der Waals surface area (Å²) in [4.78, 5) is 1.87. The zero-order valence-electron chi connectivity index (χ0n) is 9.63. The molecule has 1 heterocycles. The maximum absolute atomic E-state index is 12.5. The summed E-state index contributed by atoms with van der Waals surface area (Å²) in [6.07, 6.45) is -2.10. The topological polar surface area (TPSA) is 23.5 Å². The molecule has 0 aliphatic carbocycles. The fraction of sp³-hybridized carbons (Fsp3) is 1.00. The van der Waals surface area contributed by atoms with Crippen LogP contribution in [0.1, 0.15) is 32.6 Å². The molecule has 0 bridgehead atoms. The van der Waals surface area contributed by atoms with E-state index in [2.05, 4.69) is 0 Å². The Morgan fingerprint density at radius 3 is 2.69 bits per heavy atom. The van der Waals surface area contributed by atoms with Gasteiger partial charge in [-0.15, -0.1) is 0 Å². The van der Waals surface area contributed by atoms with Crippen molar-refractivity contribution in [2.45, 2.75) is 44.9 Å². The number of likely N-dealkylation sites (tertiary alicyclic amines) is 1. The lowest BCUT2D eigenvalue weighted by molar-refractivity contribution is -0.186. The molecule has 2 atom stereocenters. The van der Waals surface area contributed by atoms with Crippen LogP contribution < -0.4 is 0 Å². The van der Waals surface area contributed by atoms with Crippen molar-refractivity contribution in [2.75, 3.05) is 19.6 Å². The van der Waals surface area contributed by atoms with Crippen molar-refractivity contribution >= 4 is 0 Å². The predicted octanol–water partition coefficient (Wildman–Crippen LogP) is 2.42. The third kappa shape index (κ3) is 4.70. The Morgan fingerprint density at radius 1 is 1.44 bits per heavy atom. The van der Waals surface area contributed by atoms with E-state index in [4.69, 9.17) is 5.11 Å². The van der Waals surface area contributed by atoms with Gasteiger partial charge in [0.15, 0.2) is 0 Å². The molecule has 0 spiro atoms. The number of aliphatic hydroxyl groups excluding tert-OH is 1. The molecule has 0 aromatic rings. The van der Waals surface area contributed by atoms with Crippen molar-refractivity contribution in [3.05, 3.63) is 0 Å². The highest BCUT2D eigenvalue weighted by Crippen LogP contribution is 2.33. The van der Waals surface area contributed by atoms with Crippen LogP contribution in [0.25, 0.3) is 0 Å². The van der Waals surface area contributed by atoms with Crippen LogP contribution in [0.2, 0.25) is 0 Å². The molecule has 0 aromatic carbocycles. The van der Waals surface area contributed by atoms with E-state index in [9.17, 15) is 13.2 Å². The molecule has 0 amide bonds. The second kappa shape index (κ2) is 5.87. The lowest BCUT2D eigenvalue weighted by Crippen LogP contribution is -2.42. The van der Waals surface area contributed by atoms with E-state index in [1.165, 1.54) is 0 Å². The van der Waals surface area contributed by atoms with Gasteiger partial charge >= 0.3 is 6.18 Å². The fourth-order valence-electron chi connectivity index (χ4n) is 2.14. The number of hydrogen-bond acceptors (Lipinski definition) is 2. The molecule has 0 radical (unpaired) electrons. The summed E-state index contributed by atoms with van der Waals surface area (Å²) in [7, 11) is 0. The highest BCUT2D eigenvalue weighted by atomic mass is 19.4. The van der Waals surface area contributed by atoms with E-state index in [1.54, 1.807) is 6.92 Å². The van der Waals surface area contributed by atoms with Gasteiger partial charge in [-0.1, -0.05) is 0 Å². The molecule has 0 aromatic heterocycles. The molecule has 16 heavy (non-hydrogen) atoms. The Balaban J connectivity index is 2.28. The van der Waals surface area contributed by atoms with Gasteiger partial charge in [0.05, 0.1) is 12.0 Å². The van der Waals surface area contributed by atoms with Crippen LogP contribution in [0.5, 0.6) is 0 Å². The summed E-state index contributed by atoms with van der Waals surface area (Å²) in [5.41, 5.74) is 0. The van der Waals surface area contributed by atoms with Gasteiger partial charge in [-0.25, -0.2) is 0 Å². The van der Waals surface area contributed by atoms with Crippen molar-refractivity contribution in [1.82, 2.24) is 4.90 Å². The lowest BCUT2D eigenvalue weighted by atomic mass is 9.97. The summed E-state index contributed by atoms with van der Waals surface area (Å²) in [5, 5.41) is 9.06. The van der Waals surface area contributed by atoms with Gasteiger partial charge in [-0.2, -0.15) is 13.2 Å². The first-order valence-corrected chi connectivity index (χ1v) is 5.86. The molecule has 1 aliphatic rings. The molecule has 96 valence electrons. The van der Waals surface area contributed by atoms with E-state index in [-0.39, 0.29) is 19.1 Å². The third-order valence-corrected chi connectivity index (χ3v) is 3.06. The molecular weight excluding hydrogens is 219 g/mol. The van der Waals surface area contributed by atoms with E-state index in [1.807, 2.05) is 4.90 Å². The second-order valence-corrected chi connectivity index (χ2v) is 4.67. The molecule has 1 aliphatic heterocycles. The van der Waals surface area contributed by atoms with Crippen LogP contribution in [0.15, 0.2) is 0 Å². The van der Waals surface area contributed by atoms with Crippen molar-refractivity contribution in [1.29, 1.82) is 0 Å². The minimum Gasteiger partial charge on any atom is -0.393 e. The zero-order valence-corrected chi connectivity index (χ0v) is 9.63. The minimum atomic E-state index is -4.05. The standard InChI is InChI=1S/C11H20F3NO/c1-9(16)4-2-6-15-7-3-5-10(8-15)11(12,13)14/h9-10,16H,2-8H2,1H3. The highest BCUT2D eigenvalue weighted by Gasteiger charge is 2.41. The van der Waals surface area contributed by atoms with E-state index < -0.39 is 12.1 Å². The molecule has 2 unspecified atom stereocenters. The first kappa shape index (κ1) is 13.8. The molecule has 1 N–H and O–H groups in total. The Bertz CT molecular complexity index is 206. The summed E-state index contributed by atoms with van der Waals surface area (Å²) in [5.74, 6) is -1.16. The average Bonchev–Trinajstić information content (AvgIpc) is 2.16. The number of piperidine rings is 1. The first-order valence-electron chi connectivity index (χ1n) is 5.86. The maximum Gasteiger partial charge on any atom is 0.393 e. The van der Waals surface area contributed by atoms with E-state index in [0.29, 0.717) is 19.4 Å². The molecule has 1 rings (SSSR count). The summed E-state index contributed by atoms with van der Waals surface area (Å²) in [6, 6.07) is 0. The maximum atomic E-state index is 12.5. The number of alkyl halides is 3. The fourth-order valence-corrected chi connectivity index (χ4v) is 2.14. The van der Waals surface area contributed by atoms with E-state index in [0.717, 1.165) is 13.0 Å². The predicted molar refractivity (Wildman–Crippen MR) is 56.1 cm³/mol. The van der Waals surface area contributed by atoms with Gasteiger partial charge in [0.1, 0.15) is 0 Å². The van der Waals surface area contributed by atoms with Gasteiger partial charge in [0.2, 0.25) is 0 Å². The molecular formula is C11H20F3NO. The number of aliphatic hydroxyl groups is 1. The second-order valence-electron chi connectivity index (χ2n) is 4.67. The van der Waals surface area contributed by atoms with Gasteiger partial charge in [0, 0.05) is 6.54 Å². The zero-order chi connectivity index (χ0) is 12.2. The van der Waals surface area contributed by atoms with Crippen molar-refractivity contribution < 1.29 is 18.3 Å². The Hall–Kier alpha value is -0.290. The number of nitrogens with zero attached hydrogens (tertiary/aromatic N) is 1. The van der Waals surface area contributed by atoms with Crippen LogP contribution in [-0.4, -0.2) is 41.9 Å². The minimum absolute atomic E-state index is 0.128. The van der Waals surface area contributed by atoms with Crippen LogP contribution in [0, 0.1) is 5.92 Å². The molecule has 1 fully saturated rings. The Morgan fingerprint density at radius 2 is 2.12 bits per heavy atom. The van der Waals surface area contributed by atoms with Crippen molar-refractivity contribution in [2.24, 2.45) is 5.92 Å². The quantitative estimate of drug-likeness (QED) is 0.814. The SMILES string of the molecule is CC(O)CCCN1CCCC(C(F)(F)F)C1. The largest absolute Gasteiger partial charge is 0.393 e. The molecule has 5 heteroatoms. The monoisotopic (exact) mass is 239 g/mol. The van der Waals surface area contributed by atoms with Gasteiger partial charge < -0.3 is 10.0 Å². The number of halogens is 3. The van der Waals surface area contributed by atoms with Gasteiger partial charge in [-0.3, -0.25) is 0 Å². The number of hydrogen-bond donors (Lipinski definition) is 1. The summed E-state index contributed by atoms with van der Waals surface area (Å²) < 4.78 is 37.5. The Kier molecular flexibility index (Phi) is 5.05. The smallest absolute Gasteiger partial charge is 0.393 e. The van der Waals surface area contributed by atoms with Crippen LogP contribution in [0.4, 0.5) is 13.2 Å². The van der Waals surface area contributed by atoms with Crippen molar-refractivity contribution in [3.63, 3.8) is 0 Å². The highest BCUT2D eigenvalue weighted by molar-refractivity contribution is 4.77. The lowest BCUT2D eigenvalue weighted by Gasteiger charge is -2.33. The molecule has 0 saturated carbocycles. The van der Waals surface area contributed by atoms with Crippen LogP contribution in [-0.2, 0) is 0 Å². The van der Waals surface area contributed by atoms with Crippen molar-refractivity contribution in [3.8, 4) is 0 Å². The third-order valence-electron chi connectivity index (χ3n) is 3.06. The number of rotatable bonds is 4. The summed E-state index contributed by atoms with van der Waals surface area (Å²) >= 11 is 0. The van der Waals surface area contributed by atoms with Crippen LogP contribution >= 0.6 is 0 Å². The molecule has 2 nitrogen and oxygen atoms in total. The first-order chi connectivity index (χ1) is 7.39. The summed E-state index contributed by atoms with van der Waals surface area (Å²) in [6.45, 7) is 3.25. The average molecular weight is 239 g/mol. The molecule has 1 saturated heterocycles. The van der Waals surface area contributed by atoms with Gasteiger partial charge in [0.25, 0.3) is 0 Å². The van der Waals surface area contributed by atoms with Gasteiger partial charge in [-0.05, 0) is 45.7 Å². The normalized spacial score (nSPS) is 25.7. The van der Waals surface area contributed by atoms with E-state index >= 15 is 0 Å². The Labute approximate surface area is 94.4 Å². The van der Waals surface area contributed by atoms with Crippen LogP contribution in [0.3, 0.4) is 0 Å².